The fraction of sp³-hybridized carbons (Fsp3) is 0.292. The second-order valence-corrected chi connectivity index (χ2v) is 7.37. The third-order valence-corrected chi connectivity index (χ3v) is 4.85. The summed E-state index contributed by atoms with van der Waals surface area (Å²) in [6.45, 7) is 2.00. The number of ether oxygens (including phenoxy) is 3. The molecule has 0 aliphatic heterocycles. The lowest BCUT2D eigenvalue weighted by atomic mass is 10.1. The number of alkyl halides is 2. The topological polar surface area (TPSA) is 87.9 Å². The predicted molar refractivity (Wildman–Crippen MR) is 114 cm³/mol. The molecule has 0 aliphatic carbocycles. The van der Waals surface area contributed by atoms with Crippen molar-refractivity contribution < 1.29 is 37.1 Å². The Labute approximate surface area is 189 Å². The van der Waals surface area contributed by atoms with Gasteiger partial charge in [0.05, 0.1) is 23.2 Å². The van der Waals surface area contributed by atoms with E-state index in [9.17, 15) is 18.4 Å². The summed E-state index contributed by atoms with van der Waals surface area (Å²) in [7, 11) is 0. The van der Waals surface area contributed by atoms with Gasteiger partial charge in [-0.15, -0.1) is 0 Å². The molecule has 0 atom stereocenters. The van der Waals surface area contributed by atoms with Crippen LogP contribution in [-0.4, -0.2) is 30.1 Å². The lowest BCUT2D eigenvalue weighted by Crippen LogP contribution is -2.17. The van der Waals surface area contributed by atoms with E-state index in [-0.39, 0.29) is 17.7 Å². The average Bonchev–Trinajstić information content (AvgIpc) is 3.09. The number of hydrogen-bond acceptors (Lipinski definition) is 7. The number of hydrogen-bond donors (Lipinski definition) is 0. The predicted octanol–water partition coefficient (Wildman–Crippen LogP) is 4.75. The molecule has 0 saturated heterocycles. The van der Waals surface area contributed by atoms with Gasteiger partial charge in [0.2, 0.25) is 5.78 Å². The molecular formula is C24H23F2NO6. The van der Waals surface area contributed by atoms with Gasteiger partial charge in [0.25, 0.3) is 0 Å². The number of benzene rings is 2. The first-order valence-electron chi connectivity index (χ1n) is 10.1. The van der Waals surface area contributed by atoms with Crippen LogP contribution in [0.1, 0.15) is 38.5 Å². The van der Waals surface area contributed by atoms with Crippen LogP contribution in [-0.2, 0) is 22.6 Å². The lowest BCUT2D eigenvalue weighted by Gasteiger charge is -2.11. The van der Waals surface area contributed by atoms with E-state index in [0.717, 1.165) is 11.3 Å². The van der Waals surface area contributed by atoms with Crippen molar-refractivity contribution >= 4 is 11.8 Å². The molecular weight excluding hydrogens is 436 g/mol. The van der Waals surface area contributed by atoms with Crippen molar-refractivity contribution in [2.24, 2.45) is 0 Å². The Hall–Kier alpha value is -3.75. The monoisotopic (exact) mass is 459 g/mol. The summed E-state index contributed by atoms with van der Waals surface area (Å²) in [5.41, 5.74) is 2.92. The number of nitrogens with zero attached hydrogens (tertiary/aromatic N) is 1. The van der Waals surface area contributed by atoms with Crippen LogP contribution in [0, 0.1) is 20.8 Å². The van der Waals surface area contributed by atoms with Crippen LogP contribution >= 0.6 is 0 Å². The molecule has 0 N–H and O–H groups in total. The molecule has 1 aromatic heterocycles. The van der Waals surface area contributed by atoms with Gasteiger partial charge < -0.3 is 18.7 Å². The third kappa shape index (κ3) is 6.61. The van der Waals surface area contributed by atoms with Crippen molar-refractivity contribution in [1.82, 2.24) is 5.16 Å². The van der Waals surface area contributed by atoms with Crippen molar-refractivity contribution in [3.05, 3.63) is 76.2 Å². The molecule has 33 heavy (non-hydrogen) atoms. The van der Waals surface area contributed by atoms with E-state index in [1.807, 2.05) is 13.8 Å². The number of rotatable bonds is 10. The number of carbonyl (C=O) groups excluding carboxylic acids is 2. The standard InChI is InChI=1S/C24H23F2NO6/c1-14-4-9-22(32-24(25)26)19(10-14)21(28)13-31-23(29)11-17-5-7-18(8-6-17)30-12-20-15(2)27-33-16(20)3/h4-10,24H,11-13H2,1-3H3. The molecule has 0 amide bonds. The highest BCUT2D eigenvalue weighted by atomic mass is 19.3. The summed E-state index contributed by atoms with van der Waals surface area (Å²) in [5, 5.41) is 3.88. The molecule has 0 spiro atoms. The van der Waals surface area contributed by atoms with E-state index in [1.54, 1.807) is 37.3 Å². The second kappa shape index (κ2) is 10.7. The molecule has 0 fully saturated rings. The second-order valence-electron chi connectivity index (χ2n) is 7.37. The first-order chi connectivity index (χ1) is 15.7. The number of esters is 1. The van der Waals surface area contributed by atoms with E-state index >= 15 is 0 Å². The van der Waals surface area contributed by atoms with Crippen LogP contribution in [0.4, 0.5) is 8.78 Å². The van der Waals surface area contributed by atoms with E-state index in [4.69, 9.17) is 14.0 Å². The molecule has 1 heterocycles. The number of aromatic nitrogens is 1. The molecule has 9 heteroatoms. The highest BCUT2D eigenvalue weighted by Gasteiger charge is 2.18. The SMILES string of the molecule is Cc1ccc(OC(F)F)c(C(=O)COC(=O)Cc2ccc(OCc3c(C)noc3C)cc2)c1. The van der Waals surface area contributed by atoms with Gasteiger partial charge in [-0.1, -0.05) is 28.9 Å². The van der Waals surface area contributed by atoms with E-state index in [0.29, 0.717) is 29.2 Å². The molecule has 7 nitrogen and oxygen atoms in total. The summed E-state index contributed by atoms with van der Waals surface area (Å²) < 4.78 is 45.4. The largest absolute Gasteiger partial charge is 0.489 e. The molecule has 0 bridgehead atoms. The minimum Gasteiger partial charge on any atom is -0.489 e. The van der Waals surface area contributed by atoms with Gasteiger partial charge in [-0.25, -0.2) is 0 Å². The summed E-state index contributed by atoms with van der Waals surface area (Å²) in [5.74, 6) is -0.223. The first-order valence-corrected chi connectivity index (χ1v) is 10.1. The minimum absolute atomic E-state index is 0.0639. The molecule has 174 valence electrons. The zero-order chi connectivity index (χ0) is 24.0. The van der Waals surface area contributed by atoms with Gasteiger partial charge in [0, 0.05) is 0 Å². The van der Waals surface area contributed by atoms with E-state index < -0.39 is 25.0 Å². The summed E-state index contributed by atoms with van der Waals surface area (Å²) >= 11 is 0. The molecule has 2 aromatic carbocycles. The highest BCUT2D eigenvalue weighted by molar-refractivity contribution is 6.00. The Morgan fingerprint density at radius 3 is 2.42 bits per heavy atom. The smallest absolute Gasteiger partial charge is 0.387 e. The Bertz CT molecular complexity index is 1100. The normalized spacial score (nSPS) is 10.8. The van der Waals surface area contributed by atoms with Gasteiger partial charge in [-0.2, -0.15) is 8.78 Å². The van der Waals surface area contributed by atoms with E-state index in [2.05, 4.69) is 9.89 Å². The van der Waals surface area contributed by atoms with Gasteiger partial charge in [0.15, 0.2) is 6.61 Å². The van der Waals surface area contributed by atoms with Crippen LogP contribution < -0.4 is 9.47 Å². The van der Waals surface area contributed by atoms with Crippen LogP contribution in [0.5, 0.6) is 11.5 Å². The number of aryl methyl sites for hydroxylation is 3. The lowest BCUT2D eigenvalue weighted by molar-refractivity contribution is -0.141. The highest BCUT2D eigenvalue weighted by Crippen LogP contribution is 2.23. The minimum atomic E-state index is -3.07. The van der Waals surface area contributed by atoms with Gasteiger partial charge >= 0.3 is 12.6 Å². The first kappa shape index (κ1) is 23.9. The van der Waals surface area contributed by atoms with Crippen molar-refractivity contribution in [2.45, 2.75) is 40.4 Å². The fourth-order valence-electron chi connectivity index (χ4n) is 3.07. The molecule has 0 saturated carbocycles. The number of ketones is 1. The number of Topliss-reactive ketones (excluding diaryl/α,β-unsaturated/α-hetero) is 1. The molecule has 0 unspecified atom stereocenters. The van der Waals surface area contributed by atoms with Crippen molar-refractivity contribution in [3.8, 4) is 11.5 Å². The van der Waals surface area contributed by atoms with Crippen molar-refractivity contribution in [3.63, 3.8) is 0 Å². The number of halogens is 2. The quantitative estimate of drug-likeness (QED) is 0.319. The van der Waals surface area contributed by atoms with Crippen LogP contribution in [0.2, 0.25) is 0 Å². The molecule has 0 aliphatic rings. The van der Waals surface area contributed by atoms with Crippen molar-refractivity contribution in [1.29, 1.82) is 0 Å². The Balaban J connectivity index is 1.52. The Kier molecular flexibility index (Phi) is 7.76. The van der Waals surface area contributed by atoms with Crippen LogP contribution in [0.15, 0.2) is 47.0 Å². The Morgan fingerprint density at radius 1 is 1.06 bits per heavy atom. The average molecular weight is 459 g/mol. The van der Waals surface area contributed by atoms with Gasteiger partial charge in [-0.3, -0.25) is 9.59 Å². The van der Waals surface area contributed by atoms with Crippen LogP contribution in [0.25, 0.3) is 0 Å². The maximum atomic E-state index is 12.6. The summed E-state index contributed by atoms with van der Waals surface area (Å²) in [6, 6.07) is 11.1. The van der Waals surface area contributed by atoms with Crippen LogP contribution in [0.3, 0.4) is 0 Å². The zero-order valence-electron chi connectivity index (χ0n) is 18.4. The summed E-state index contributed by atoms with van der Waals surface area (Å²) in [4.78, 5) is 24.5. The summed E-state index contributed by atoms with van der Waals surface area (Å²) in [6.07, 6.45) is -0.0639. The molecule has 3 rings (SSSR count). The Morgan fingerprint density at radius 2 is 1.79 bits per heavy atom. The maximum absolute atomic E-state index is 12.6. The van der Waals surface area contributed by atoms with E-state index in [1.165, 1.54) is 12.1 Å². The van der Waals surface area contributed by atoms with Gasteiger partial charge in [-0.05, 0) is 50.6 Å². The fourth-order valence-corrected chi connectivity index (χ4v) is 3.07. The zero-order valence-corrected chi connectivity index (χ0v) is 18.4. The maximum Gasteiger partial charge on any atom is 0.387 e. The molecule has 3 aromatic rings. The van der Waals surface area contributed by atoms with Gasteiger partial charge in [0.1, 0.15) is 23.9 Å². The third-order valence-electron chi connectivity index (χ3n) is 4.85. The van der Waals surface area contributed by atoms with Crippen molar-refractivity contribution in [2.75, 3.05) is 6.61 Å². The number of carbonyl (C=O) groups is 2. The molecule has 0 radical (unpaired) electrons.